The fraction of sp³-hybridized carbons (Fsp3) is 0.462. The van der Waals surface area contributed by atoms with E-state index in [1.165, 1.54) is 0 Å². The van der Waals surface area contributed by atoms with Gasteiger partial charge in [0, 0.05) is 5.69 Å². The van der Waals surface area contributed by atoms with E-state index in [0.29, 0.717) is 11.3 Å². The van der Waals surface area contributed by atoms with Crippen molar-refractivity contribution in [2.75, 3.05) is 5.73 Å². The number of rotatable bonds is 4. The van der Waals surface area contributed by atoms with E-state index in [9.17, 15) is 4.79 Å². The zero-order chi connectivity index (χ0) is 12.1. The van der Waals surface area contributed by atoms with E-state index in [-0.39, 0.29) is 12.1 Å². The fourth-order valence-corrected chi connectivity index (χ4v) is 1.44. The molecular weight excluding hydrogens is 202 g/mol. The number of hydrogen-bond acceptors (Lipinski definition) is 3. The second-order valence-electron chi connectivity index (χ2n) is 3.92. The highest BCUT2D eigenvalue weighted by Gasteiger charge is 2.13. The standard InChI is InChI=1S/C13H19NO2/c1-4-11(5-2)16-13(15)10-7-6-9(3)12(14)8-10/h6-8,11H,4-5,14H2,1-3H3. The Kier molecular flexibility index (Phi) is 4.35. The maximum Gasteiger partial charge on any atom is 0.338 e. The molecule has 0 radical (unpaired) electrons. The van der Waals surface area contributed by atoms with E-state index in [1.54, 1.807) is 12.1 Å². The van der Waals surface area contributed by atoms with Crippen LogP contribution in [0, 0.1) is 6.92 Å². The van der Waals surface area contributed by atoms with Crippen molar-refractivity contribution in [2.24, 2.45) is 0 Å². The molecular formula is C13H19NO2. The van der Waals surface area contributed by atoms with Gasteiger partial charge in [-0.3, -0.25) is 0 Å². The Morgan fingerprint density at radius 2 is 2.00 bits per heavy atom. The zero-order valence-corrected chi connectivity index (χ0v) is 10.1. The summed E-state index contributed by atoms with van der Waals surface area (Å²) in [6, 6.07) is 5.25. The van der Waals surface area contributed by atoms with Gasteiger partial charge in [0.1, 0.15) is 6.10 Å². The van der Waals surface area contributed by atoms with Crippen molar-refractivity contribution >= 4 is 11.7 Å². The van der Waals surface area contributed by atoms with Crippen molar-refractivity contribution in [3.63, 3.8) is 0 Å². The van der Waals surface area contributed by atoms with Gasteiger partial charge in [-0.05, 0) is 37.5 Å². The molecule has 0 aliphatic carbocycles. The van der Waals surface area contributed by atoms with Crippen molar-refractivity contribution in [3.05, 3.63) is 29.3 Å². The monoisotopic (exact) mass is 221 g/mol. The normalized spacial score (nSPS) is 10.5. The molecule has 3 heteroatoms. The molecule has 0 aliphatic rings. The van der Waals surface area contributed by atoms with Crippen LogP contribution in [0.5, 0.6) is 0 Å². The van der Waals surface area contributed by atoms with Gasteiger partial charge in [0.05, 0.1) is 5.56 Å². The van der Waals surface area contributed by atoms with Gasteiger partial charge >= 0.3 is 5.97 Å². The lowest BCUT2D eigenvalue weighted by molar-refractivity contribution is 0.0284. The molecule has 0 amide bonds. The van der Waals surface area contributed by atoms with Crippen LogP contribution in [-0.4, -0.2) is 12.1 Å². The largest absolute Gasteiger partial charge is 0.459 e. The quantitative estimate of drug-likeness (QED) is 0.628. The summed E-state index contributed by atoms with van der Waals surface area (Å²) in [6.45, 7) is 5.92. The van der Waals surface area contributed by atoms with Gasteiger partial charge in [0.2, 0.25) is 0 Å². The Morgan fingerprint density at radius 3 is 2.50 bits per heavy atom. The molecule has 1 aromatic rings. The summed E-state index contributed by atoms with van der Waals surface area (Å²) in [5.74, 6) is -0.291. The average Bonchev–Trinajstić information content (AvgIpc) is 2.29. The topological polar surface area (TPSA) is 52.3 Å². The molecule has 0 saturated heterocycles. The fourth-order valence-electron chi connectivity index (χ4n) is 1.44. The van der Waals surface area contributed by atoms with Crippen LogP contribution in [0.1, 0.15) is 42.6 Å². The lowest BCUT2D eigenvalue weighted by Crippen LogP contribution is -2.16. The SMILES string of the molecule is CCC(CC)OC(=O)c1ccc(C)c(N)c1. The zero-order valence-electron chi connectivity index (χ0n) is 10.1. The molecule has 0 atom stereocenters. The van der Waals surface area contributed by atoms with Crippen LogP contribution >= 0.6 is 0 Å². The van der Waals surface area contributed by atoms with Crippen LogP contribution in [0.3, 0.4) is 0 Å². The van der Waals surface area contributed by atoms with Gasteiger partial charge in [0.25, 0.3) is 0 Å². The molecule has 0 heterocycles. The van der Waals surface area contributed by atoms with E-state index in [4.69, 9.17) is 10.5 Å². The summed E-state index contributed by atoms with van der Waals surface area (Å²) in [7, 11) is 0. The summed E-state index contributed by atoms with van der Waals surface area (Å²) < 4.78 is 5.34. The first kappa shape index (κ1) is 12.6. The Labute approximate surface area is 96.6 Å². The molecule has 88 valence electrons. The highest BCUT2D eigenvalue weighted by atomic mass is 16.5. The minimum absolute atomic E-state index is 0.00460. The molecule has 16 heavy (non-hydrogen) atoms. The first-order valence-corrected chi connectivity index (χ1v) is 5.65. The first-order valence-electron chi connectivity index (χ1n) is 5.65. The third-order valence-electron chi connectivity index (χ3n) is 2.70. The highest BCUT2D eigenvalue weighted by Crippen LogP contribution is 2.15. The first-order chi connectivity index (χ1) is 7.58. The van der Waals surface area contributed by atoms with Crippen molar-refractivity contribution < 1.29 is 9.53 Å². The van der Waals surface area contributed by atoms with Crippen molar-refractivity contribution in [3.8, 4) is 0 Å². The van der Waals surface area contributed by atoms with Crippen LogP contribution in [0.2, 0.25) is 0 Å². The van der Waals surface area contributed by atoms with Crippen LogP contribution in [0.25, 0.3) is 0 Å². The van der Waals surface area contributed by atoms with E-state index >= 15 is 0 Å². The number of hydrogen-bond donors (Lipinski definition) is 1. The minimum Gasteiger partial charge on any atom is -0.459 e. The highest BCUT2D eigenvalue weighted by molar-refractivity contribution is 5.90. The van der Waals surface area contributed by atoms with Crippen LogP contribution in [0.15, 0.2) is 18.2 Å². The van der Waals surface area contributed by atoms with Gasteiger partial charge in [-0.2, -0.15) is 0 Å². The summed E-state index contributed by atoms with van der Waals surface area (Å²) >= 11 is 0. The van der Waals surface area contributed by atoms with Crippen molar-refractivity contribution in [2.45, 2.75) is 39.7 Å². The van der Waals surface area contributed by atoms with Crippen LogP contribution in [0.4, 0.5) is 5.69 Å². The molecule has 2 N–H and O–H groups in total. The second kappa shape index (κ2) is 5.54. The predicted molar refractivity (Wildman–Crippen MR) is 65.4 cm³/mol. The number of aryl methyl sites for hydroxylation is 1. The molecule has 0 aromatic heterocycles. The number of benzene rings is 1. The lowest BCUT2D eigenvalue weighted by Gasteiger charge is -2.14. The molecule has 1 aromatic carbocycles. The Morgan fingerprint density at radius 1 is 1.38 bits per heavy atom. The van der Waals surface area contributed by atoms with Gasteiger partial charge < -0.3 is 10.5 Å². The smallest absolute Gasteiger partial charge is 0.338 e. The van der Waals surface area contributed by atoms with E-state index < -0.39 is 0 Å². The number of esters is 1. The van der Waals surface area contributed by atoms with Crippen molar-refractivity contribution in [1.82, 2.24) is 0 Å². The van der Waals surface area contributed by atoms with E-state index in [0.717, 1.165) is 18.4 Å². The summed E-state index contributed by atoms with van der Waals surface area (Å²) in [5.41, 5.74) is 7.87. The molecule has 0 unspecified atom stereocenters. The van der Waals surface area contributed by atoms with Crippen LogP contribution in [-0.2, 0) is 4.74 Å². The predicted octanol–water partition coefficient (Wildman–Crippen LogP) is 2.92. The molecule has 0 spiro atoms. The Bertz CT molecular complexity index is 370. The lowest BCUT2D eigenvalue weighted by atomic mass is 10.1. The molecule has 1 rings (SSSR count). The number of carbonyl (C=O) groups excluding carboxylic acids is 1. The number of carbonyl (C=O) groups is 1. The molecule has 0 bridgehead atoms. The average molecular weight is 221 g/mol. The van der Waals surface area contributed by atoms with Gasteiger partial charge in [-0.15, -0.1) is 0 Å². The maximum atomic E-state index is 11.8. The molecule has 0 aliphatic heterocycles. The third-order valence-corrected chi connectivity index (χ3v) is 2.70. The van der Waals surface area contributed by atoms with Gasteiger partial charge in [-0.1, -0.05) is 19.9 Å². The van der Waals surface area contributed by atoms with E-state index in [2.05, 4.69) is 0 Å². The molecule has 0 saturated carbocycles. The van der Waals surface area contributed by atoms with Gasteiger partial charge in [-0.25, -0.2) is 4.79 Å². The van der Waals surface area contributed by atoms with Crippen LogP contribution < -0.4 is 5.73 Å². The number of anilines is 1. The summed E-state index contributed by atoms with van der Waals surface area (Å²) in [6.07, 6.45) is 1.67. The third kappa shape index (κ3) is 2.99. The van der Waals surface area contributed by atoms with E-state index in [1.807, 2.05) is 26.8 Å². The Balaban J connectivity index is 2.76. The minimum atomic E-state index is -0.291. The second-order valence-corrected chi connectivity index (χ2v) is 3.92. The number of nitrogens with two attached hydrogens (primary N) is 1. The maximum absolute atomic E-state index is 11.8. The molecule has 3 nitrogen and oxygen atoms in total. The summed E-state index contributed by atoms with van der Waals surface area (Å²) in [4.78, 5) is 11.8. The van der Waals surface area contributed by atoms with Crippen molar-refractivity contribution in [1.29, 1.82) is 0 Å². The van der Waals surface area contributed by atoms with Gasteiger partial charge in [0.15, 0.2) is 0 Å². The number of ether oxygens (including phenoxy) is 1. The molecule has 0 fully saturated rings. The summed E-state index contributed by atoms with van der Waals surface area (Å²) in [5, 5.41) is 0. The number of nitrogen functional groups attached to an aromatic ring is 1. The Hall–Kier alpha value is -1.51.